The molecule has 0 unspecified atom stereocenters. The first-order valence-electron chi connectivity index (χ1n) is 18.0. The van der Waals surface area contributed by atoms with Gasteiger partial charge in [0.15, 0.2) is 5.69 Å². The summed E-state index contributed by atoms with van der Waals surface area (Å²) in [7, 11) is 0. The Morgan fingerprint density at radius 1 is 0.340 bits per heavy atom. The van der Waals surface area contributed by atoms with Crippen molar-refractivity contribution in [1.82, 2.24) is 4.57 Å². The lowest BCUT2D eigenvalue weighted by atomic mass is 9.90. The maximum absolute atomic E-state index is 7.27. The molecular weight excluding hydrogens is 641 g/mol. The van der Waals surface area contributed by atoms with Crippen LogP contribution >= 0.6 is 0 Å². The Hall–Kier alpha value is -7.21. The molecule has 0 saturated heterocycles. The molecule has 11 rings (SSSR count). The zero-order valence-electron chi connectivity index (χ0n) is 28.7. The van der Waals surface area contributed by atoms with E-state index >= 15 is 0 Å². The van der Waals surface area contributed by atoms with Crippen LogP contribution in [-0.4, -0.2) is 4.57 Å². The summed E-state index contributed by atoms with van der Waals surface area (Å²) in [6.45, 7) is 7.27. The van der Waals surface area contributed by atoms with Gasteiger partial charge in [-0.15, -0.1) is 0 Å². The Balaban J connectivity index is 1.13. The van der Waals surface area contributed by atoms with Crippen molar-refractivity contribution in [1.29, 1.82) is 0 Å². The molecule has 0 bridgehead atoms. The number of aromatic nitrogens is 1. The van der Waals surface area contributed by atoms with Gasteiger partial charge in [-0.2, -0.15) is 0 Å². The summed E-state index contributed by atoms with van der Waals surface area (Å²) in [5.41, 5.74) is 8.93. The molecule has 53 heavy (non-hydrogen) atoms. The van der Waals surface area contributed by atoms with Crippen LogP contribution in [0.1, 0.15) is 0 Å². The Bertz CT molecular complexity index is 3330. The molecule has 11 aromatic rings. The van der Waals surface area contributed by atoms with E-state index in [1.54, 1.807) is 0 Å². The number of benzene rings is 10. The van der Waals surface area contributed by atoms with E-state index in [1.165, 1.54) is 86.8 Å². The fourth-order valence-electron chi connectivity index (χ4n) is 8.60. The first kappa shape index (κ1) is 29.5. The van der Waals surface area contributed by atoms with Gasteiger partial charge in [0.05, 0.1) is 17.6 Å². The van der Waals surface area contributed by atoms with E-state index in [-0.39, 0.29) is 0 Å². The Kier molecular flexibility index (Phi) is 6.35. The summed E-state index contributed by atoms with van der Waals surface area (Å²) in [6, 6.07) is 66.1. The molecule has 0 amide bonds. The van der Waals surface area contributed by atoms with Crippen molar-refractivity contribution in [2.75, 3.05) is 0 Å². The topological polar surface area (TPSA) is 9.29 Å². The lowest BCUT2D eigenvalue weighted by Crippen LogP contribution is -1.93. The smallest absolute Gasteiger partial charge is 0.187 e. The number of fused-ring (bicyclic) bond motifs is 12. The van der Waals surface area contributed by atoms with E-state index in [2.05, 4.69) is 167 Å². The van der Waals surface area contributed by atoms with E-state index in [0.717, 1.165) is 16.8 Å². The minimum absolute atomic E-state index is 0.660. The lowest BCUT2D eigenvalue weighted by molar-refractivity contribution is 1.18. The van der Waals surface area contributed by atoms with Crippen molar-refractivity contribution in [2.24, 2.45) is 0 Å². The largest absolute Gasteiger partial charge is 0.309 e. The fourth-order valence-corrected chi connectivity index (χ4v) is 8.60. The van der Waals surface area contributed by atoms with Crippen LogP contribution in [0.4, 0.5) is 5.69 Å². The predicted molar refractivity (Wildman–Crippen MR) is 225 cm³/mol. The molecule has 0 aliphatic carbocycles. The highest BCUT2D eigenvalue weighted by Crippen LogP contribution is 2.43. The fraction of sp³-hybridized carbons (Fsp3) is 0. The number of hydrogen-bond acceptors (Lipinski definition) is 0. The van der Waals surface area contributed by atoms with Gasteiger partial charge in [-0.25, -0.2) is 4.85 Å². The molecule has 2 heteroatoms. The van der Waals surface area contributed by atoms with Gasteiger partial charge in [-0.1, -0.05) is 133 Å². The molecule has 0 aliphatic heterocycles. The van der Waals surface area contributed by atoms with E-state index in [0.29, 0.717) is 5.69 Å². The molecule has 10 aromatic carbocycles. The van der Waals surface area contributed by atoms with Crippen LogP contribution in [0.15, 0.2) is 182 Å². The van der Waals surface area contributed by atoms with E-state index in [1.807, 2.05) is 24.3 Å². The number of rotatable bonds is 3. The summed E-state index contributed by atoms with van der Waals surface area (Å²) in [5, 5.41) is 15.1. The Morgan fingerprint density at radius 2 is 0.887 bits per heavy atom. The first-order chi connectivity index (χ1) is 26.2. The van der Waals surface area contributed by atoms with Crippen LogP contribution in [0.2, 0.25) is 0 Å². The maximum Gasteiger partial charge on any atom is 0.187 e. The minimum atomic E-state index is 0.660. The standard InChI is InChI=1S/C51H30N2/c1-52-39-23-19-32(20-24-39)34-15-16-36-28-37(18-17-35(36)27-34)38-21-25-44-45(29-38)42-13-7-8-14-43(42)46-30-48-50(31-47(44)46)53(40-10-3-2-4-11-40)49-26-22-33-9-5-6-12-41(33)51(48)49/h2-31H. The van der Waals surface area contributed by atoms with Gasteiger partial charge in [-0.05, 0) is 125 Å². The quantitative estimate of drug-likeness (QED) is 0.131. The summed E-state index contributed by atoms with van der Waals surface area (Å²) in [6.07, 6.45) is 0. The van der Waals surface area contributed by atoms with E-state index in [4.69, 9.17) is 6.57 Å². The highest BCUT2D eigenvalue weighted by molar-refractivity contribution is 6.31. The SMILES string of the molecule is [C-]#[N+]c1ccc(-c2ccc3cc(-c4ccc5c(c4)c4ccccc4c4cc6c7c8ccccc8ccc7n(-c7ccccc7)c6cc54)ccc3c2)cc1. The van der Waals surface area contributed by atoms with Crippen molar-refractivity contribution < 1.29 is 0 Å². The second-order valence-electron chi connectivity index (χ2n) is 14.0. The molecule has 0 N–H and O–H groups in total. The molecular formula is C51H30N2. The number of hydrogen-bond donors (Lipinski definition) is 0. The van der Waals surface area contributed by atoms with Gasteiger partial charge in [0.2, 0.25) is 0 Å². The van der Waals surface area contributed by atoms with E-state index in [9.17, 15) is 0 Å². The normalized spacial score (nSPS) is 11.8. The number of nitrogens with zero attached hydrogens (tertiary/aromatic N) is 2. The zero-order valence-corrected chi connectivity index (χ0v) is 28.7. The van der Waals surface area contributed by atoms with Gasteiger partial charge in [0.25, 0.3) is 0 Å². The molecule has 1 aromatic heterocycles. The van der Waals surface area contributed by atoms with Crippen LogP contribution < -0.4 is 0 Å². The summed E-state index contributed by atoms with van der Waals surface area (Å²) in [5.74, 6) is 0. The predicted octanol–water partition coefficient (Wildman–Crippen LogP) is 14.4. The molecule has 1 heterocycles. The van der Waals surface area contributed by atoms with Crippen LogP contribution in [0.3, 0.4) is 0 Å². The van der Waals surface area contributed by atoms with Crippen LogP contribution in [-0.2, 0) is 0 Å². The molecule has 2 nitrogen and oxygen atoms in total. The van der Waals surface area contributed by atoms with Crippen LogP contribution in [0, 0.1) is 6.57 Å². The Labute approximate surface area is 306 Å². The average molecular weight is 671 g/mol. The zero-order chi connectivity index (χ0) is 35.0. The van der Waals surface area contributed by atoms with Crippen molar-refractivity contribution in [3.8, 4) is 27.9 Å². The first-order valence-corrected chi connectivity index (χ1v) is 18.0. The molecule has 0 aliphatic rings. The third-order valence-electron chi connectivity index (χ3n) is 11.1. The summed E-state index contributed by atoms with van der Waals surface area (Å²) < 4.78 is 2.44. The van der Waals surface area contributed by atoms with E-state index < -0.39 is 0 Å². The molecule has 0 radical (unpaired) electrons. The van der Waals surface area contributed by atoms with Gasteiger partial charge >= 0.3 is 0 Å². The second-order valence-corrected chi connectivity index (χ2v) is 14.0. The molecule has 0 fully saturated rings. The molecule has 0 atom stereocenters. The van der Waals surface area contributed by atoms with Gasteiger partial charge in [-0.3, -0.25) is 0 Å². The average Bonchev–Trinajstić information content (AvgIpc) is 3.56. The summed E-state index contributed by atoms with van der Waals surface area (Å²) >= 11 is 0. The summed E-state index contributed by atoms with van der Waals surface area (Å²) in [4.78, 5) is 3.54. The highest BCUT2D eigenvalue weighted by Gasteiger charge is 2.18. The number of para-hydroxylation sites is 1. The van der Waals surface area contributed by atoms with Crippen molar-refractivity contribution in [3.05, 3.63) is 193 Å². The third kappa shape index (κ3) is 4.51. The maximum atomic E-state index is 7.27. The van der Waals surface area contributed by atoms with Crippen molar-refractivity contribution in [3.63, 3.8) is 0 Å². The molecule has 0 saturated carbocycles. The van der Waals surface area contributed by atoms with Crippen LogP contribution in [0.25, 0.3) is 108 Å². The van der Waals surface area contributed by atoms with Gasteiger partial charge in [0.1, 0.15) is 0 Å². The Morgan fingerprint density at radius 3 is 1.62 bits per heavy atom. The monoisotopic (exact) mass is 670 g/mol. The van der Waals surface area contributed by atoms with Gasteiger partial charge in [0, 0.05) is 16.5 Å². The molecule has 0 spiro atoms. The van der Waals surface area contributed by atoms with Crippen LogP contribution in [0.5, 0.6) is 0 Å². The third-order valence-corrected chi connectivity index (χ3v) is 11.1. The van der Waals surface area contributed by atoms with Gasteiger partial charge < -0.3 is 4.57 Å². The minimum Gasteiger partial charge on any atom is -0.309 e. The van der Waals surface area contributed by atoms with Crippen molar-refractivity contribution >= 4 is 81.4 Å². The lowest BCUT2D eigenvalue weighted by Gasteiger charge is -2.14. The second kappa shape index (κ2) is 11.4. The molecule has 244 valence electrons. The highest BCUT2D eigenvalue weighted by atomic mass is 15.0. The van der Waals surface area contributed by atoms with Crippen molar-refractivity contribution in [2.45, 2.75) is 0 Å².